The minimum Gasteiger partial charge on any atom is -0.396 e. The molecule has 1 aromatic carbocycles. The predicted molar refractivity (Wildman–Crippen MR) is 58.6 cm³/mol. The first-order valence-corrected chi connectivity index (χ1v) is 5.39. The van der Waals surface area contributed by atoms with Crippen LogP contribution in [0.15, 0.2) is 24.3 Å². The second kappa shape index (κ2) is 4.75. The molecule has 0 amide bonds. The first-order valence-electron chi connectivity index (χ1n) is 5.39. The lowest BCUT2D eigenvalue weighted by Crippen LogP contribution is -2.37. The standard InChI is InChI=1S/C12H17NO2/c14-7-10(8-15)12-11-4-2-1-3-9(11)5-6-13-12/h1-4,10,12-15H,5-8H2/t12-/m1/s1. The molecule has 1 aromatic rings. The van der Waals surface area contributed by atoms with Crippen LogP contribution in [0.25, 0.3) is 0 Å². The van der Waals surface area contributed by atoms with E-state index in [4.69, 9.17) is 0 Å². The van der Waals surface area contributed by atoms with Crippen molar-refractivity contribution < 1.29 is 10.2 Å². The Labute approximate surface area is 89.8 Å². The number of aliphatic hydroxyl groups is 2. The average Bonchev–Trinajstić information content (AvgIpc) is 2.31. The Bertz CT molecular complexity index is 323. The van der Waals surface area contributed by atoms with Gasteiger partial charge in [-0.25, -0.2) is 0 Å². The summed E-state index contributed by atoms with van der Waals surface area (Å²) in [5.41, 5.74) is 2.55. The average molecular weight is 207 g/mol. The third kappa shape index (κ3) is 2.04. The van der Waals surface area contributed by atoms with Gasteiger partial charge in [-0.2, -0.15) is 0 Å². The Balaban J connectivity index is 2.28. The summed E-state index contributed by atoms with van der Waals surface area (Å²) in [6.45, 7) is 0.948. The Morgan fingerprint density at radius 2 is 2.00 bits per heavy atom. The number of benzene rings is 1. The predicted octanol–water partition coefficient (Wildman–Crippen LogP) is 0.474. The minimum atomic E-state index is -0.105. The number of aliphatic hydroxyl groups excluding tert-OH is 2. The van der Waals surface area contributed by atoms with Gasteiger partial charge in [0.05, 0.1) is 0 Å². The van der Waals surface area contributed by atoms with Crippen LogP contribution in [0, 0.1) is 5.92 Å². The molecular weight excluding hydrogens is 190 g/mol. The van der Waals surface area contributed by atoms with Crippen LogP contribution >= 0.6 is 0 Å². The summed E-state index contributed by atoms with van der Waals surface area (Å²) >= 11 is 0. The Morgan fingerprint density at radius 1 is 1.27 bits per heavy atom. The zero-order chi connectivity index (χ0) is 10.7. The molecule has 0 saturated heterocycles. The highest BCUT2D eigenvalue weighted by atomic mass is 16.3. The first kappa shape index (κ1) is 10.6. The van der Waals surface area contributed by atoms with Crippen molar-refractivity contribution in [2.45, 2.75) is 12.5 Å². The lowest BCUT2D eigenvalue weighted by molar-refractivity contribution is 0.118. The lowest BCUT2D eigenvalue weighted by atomic mass is 9.87. The largest absolute Gasteiger partial charge is 0.396 e. The van der Waals surface area contributed by atoms with E-state index in [1.807, 2.05) is 12.1 Å². The van der Waals surface area contributed by atoms with Gasteiger partial charge in [0, 0.05) is 25.2 Å². The molecule has 82 valence electrons. The number of rotatable bonds is 3. The molecule has 3 heteroatoms. The number of fused-ring (bicyclic) bond motifs is 1. The molecule has 1 atom stereocenters. The molecule has 3 N–H and O–H groups in total. The summed E-state index contributed by atoms with van der Waals surface area (Å²) in [6.07, 6.45) is 1.02. The van der Waals surface area contributed by atoms with E-state index >= 15 is 0 Å². The molecule has 0 radical (unpaired) electrons. The maximum Gasteiger partial charge on any atom is 0.0499 e. The Morgan fingerprint density at radius 3 is 2.73 bits per heavy atom. The maximum atomic E-state index is 9.20. The maximum absolute atomic E-state index is 9.20. The monoisotopic (exact) mass is 207 g/mol. The summed E-state index contributed by atoms with van der Waals surface area (Å²) in [5, 5.41) is 21.8. The minimum absolute atomic E-state index is 0.0164. The SMILES string of the molecule is OCC(CO)[C@H]1NCCc2ccccc21. The Kier molecular flexibility index (Phi) is 3.36. The number of hydrogen-bond acceptors (Lipinski definition) is 3. The normalized spacial score (nSPS) is 20.3. The van der Waals surface area contributed by atoms with E-state index in [-0.39, 0.29) is 25.2 Å². The van der Waals surface area contributed by atoms with Gasteiger partial charge in [-0.1, -0.05) is 24.3 Å². The molecular formula is C12H17NO2. The van der Waals surface area contributed by atoms with E-state index in [2.05, 4.69) is 17.4 Å². The summed E-state index contributed by atoms with van der Waals surface area (Å²) in [4.78, 5) is 0. The van der Waals surface area contributed by atoms with Gasteiger partial charge in [0.1, 0.15) is 0 Å². The summed E-state index contributed by atoms with van der Waals surface area (Å²) in [5.74, 6) is -0.105. The fourth-order valence-electron chi connectivity index (χ4n) is 2.23. The molecule has 0 aromatic heterocycles. The number of nitrogens with one attached hydrogen (secondary N) is 1. The zero-order valence-corrected chi connectivity index (χ0v) is 8.69. The first-order chi connectivity index (χ1) is 7.36. The van der Waals surface area contributed by atoms with Crippen molar-refractivity contribution in [3.05, 3.63) is 35.4 Å². The molecule has 0 fully saturated rings. The number of hydrogen-bond donors (Lipinski definition) is 3. The fourth-order valence-corrected chi connectivity index (χ4v) is 2.23. The van der Waals surface area contributed by atoms with Gasteiger partial charge in [0.2, 0.25) is 0 Å². The molecule has 0 spiro atoms. The van der Waals surface area contributed by atoms with Gasteiger partial charge in [-0.3, -0.25) is 0 Å². The fraction of sp³-hybridized carbons (Fsp3) is 0.500. The molecule has 0 saturated carbocycles. The van der Waals surface area contributed by atoms with Crippen LogP contribution in [0.3, 0.4) is 0 Å². The van der Waals surface area contributed by atoms with Crippen molar-refractivity contribution in [3.63, 3.8) is 0 Å². The van der Waals surface area contributed by atoms with Gasteiger partial charge >= 0.3 is 0 Å². The molecule has 15 heavy (non-hydrogen) atoms. The van der Waals surface area contributed by atoms with Crippen molar-refractivity contribution >= 4 is 0 Å². The summed E-state index contributed by atoms with van der Waals surface area (Å²) in [7, 11) is 0. The van der Waals surface area contributed by atoms with Gasteiger partial charge in [0.15, 0.2) is 0 Å². The van der Waals surface area contributed by atoms with Crippen molar-refractivity contribution in [3.8, 4) is 0 Å². The molecule has 1 heterocycles. The van der Waals surface area contributed by atoms with E-state index in [0.29, 0.717) is 0 Å². The second-order valence-electron chi connectivity index (χ2n) is 4.01. The van der Waals surface area contributed by atoms with E-state index < -0.39 is 0 Å². The van der Waals surface area contributed by atoms with Crippen LogP contribution in [0.4, 0.5) is 0 Å². The van der Waals surface area contributed by atoms with Crippen LogP contribution in [0.5, 0.6) is 0 Å². The van der Waals surface area contributed by atoms with Gasteiger partial charge in [0.25, 0.3) is 0 Å². The van der Waals surface area contributed by atoms with Crippen LogP contribution < -0.4 is 5.32 Å². The van der Waals surface area contributed by atoms with E-state index in [1.165, 1.54) is 11.1 Å². The smallest absolute Gasteiger partial charge is 0.0499 e. The highest BCUT2D eigenvalue weighted by molar-refractivity contribution is 5.32. The van der Waals surface area contributed by atoms with Crippen LogP contribution in [0.1, 0.15) is 17.2 Å². The van der Waals surface area contributed by atoms with E-state index in [0.717, 1.165) is 13.0 Å². The summed E-state index contributed by atoms with van der Waals surface area (Å²) < 4.78 is 0. The quantitative estimate of drug-likeness (QED) is 0.675. The molecule has 2 rings (SSSR count). The molecule has 1 aliphatic heterocycles. The van der Waals surface area contributed by atoms with Crippen molar-refractivity contribution in [2.24, 2.45) is 5.92 Å². The van der Waals surface area contributed by atoms with Crippen molar-refractivity contribution in [1.82, 2.24) is 5.32 Å². The molecule has 0 unspecified atom stereocenters. The zero-order valence-electron chi connectivity index (χ0n) is 8.69. The van der Waals surface area contributed by atoms with Crippen molar-refractivity contribution in [2.75, 3.05) is 19.8 Å². The molecule has 0 bridgehead atoms. The van der Waals surface area contributed by atoms with Crippen LogP contribution in [0.2, 0.25) is 0 Å². The van der Waals surface area contributed by atoms with Crippen molar-refractivity contribution in [1.29, 1.82) is 0 Å². The lowest BCUT2D eigenvalue weighted by Gasteiger charge is -2.31. The molecule has 0 aliphatic carbocycles. The second-order valence-corrected chi connectivity index (χ2v) is 4.01. The molecule has 3 nitrogen and oxygen atoms in total. The van der Waals surface area contributed by atoms with Crippen LogP contribution in [-0.2, 0) is 6.42 Å². The van der Waals surface area contributed by atoms with Gasteiger partial charge in [-0.05, 0) is 24.1 Å². The highest BCUT2D eigenvalue weighted by Crippen LogP contribution is 2.28. The molecule has 1 aliphatic rings. The summed E-state index contributed by atoms with van der Waals surface area (Å²) in [6, 6.07) is 8.32. The Hall–Kier alpha value is -0.900. The van der Waals surface area contributed by atoms with E-state index in [9.17, 15) is 10.2 Å². The third-order valence-corrected chi connectivity index (χ3v) is 3.09. The topological polar surface area (TPSA) is 52.5 Å². The highest BCUT2D eigenvalue weighted by Gasteiger charge is 2.26. The van der Waals surface area contributed by atoms with E-state index in [1.54, 1.807) is 0 Å². The third-order valence-electron chi connectivity index (χ3n) is 3.09. The van der Waals surface area contributed by atoms with Gasteiger partial charge in [-0.15, -0.1) is 0 Å². The van der Waals surface area contributed by atoms with Crippen LogP contribution in [-0.4, -0.2) is 30.0 Å². The van der Waals surface area contributed by atoms with Gasteiger partial charge < -0.3 is 15.5 Å².